The van der Waals surface area contributed by atoms with Crippen molar-refractivity contribution >= 4 is 23.5 Å². The highest BCUT2D eigenvalue weighted by Gasteiger charge is 2.10. The van der Waals surface area contributed by atoms with Gasteiger partial charge in [0.15, 0.2) is 0 Å². The third-order valence-electron chi connectivity index (χ3n) is 1.10. The summed E-state index contributed by atoms with van der Waals surface area (Å²) < 4.78 is 0. The van der Waals surface area contributed by atoms with Gasteiger partial charge in [-0.2, -0.15) is 0 Å². The van der Waals surface area contributed by atoms with Gasteiger partial charge in [0, 0.05) is 0 Å². The van der Waals surface area contributed by atoms with Crippen molar-refractivity contribution in [1.82, 2.24) is 5.48 Å². The highest BCUT2D eigenvalue weighted by atomic mass is 32.1. The molecular weight excluding hydrogens is 166 g/mol. The maximum atomic E-state index is 10.7. The van der Waals surface area contributed by atoms with Crippen molar-refractivity contribution in [2.45, 2.75) is 0 Å². The molecule has 11 heavy (non-hydrogen) atoms. The molecular formula is C6H4NO3S. The van der Waals surface area contributed by atoms with Crippen LogP contribution in [0.5, 0.6) is 0 Å². The van der Waals surface area contributed by atoms with Crippen LogP contribution in [0.3, 0.4) is 0 Å². The first-order valence-electron chi connectivity index (χ1n) is 2.69. The molecule has 5 heteroatoms. The fourth-order valence-corrected chi connectivity index (χ4v) is 1.30. The Hall–Kier alpha value is -1.20. The Bertz CT molecular complexity index is 281. The maximum absolute atomic E-state index is 10.7. The van der Waals surface area contributed by atoms with Crippen LogP contribution in [0, 0.1) is 0 Å². The zero-order valence-electron chi connectivity index (χ0n) is 5.33. The lowest BCUT2D eigenvalue weighted by molar-refractivity contribution is 0.0706. The average Bonchev–Trinajstić information content (AvgIpc) is 2.50. The molecule has 0 aromatic carbocycles. The van der Waals surface area contributed by atoms with Crippen molar-refractivity contribution < 1.29 is 14.8 Å². The van der Waals surface area contributed by atoms with E-state index in [1.54, 1.807) is 11.7 Å². The Balaban J connectivity index is 3.01. The van der Waals surface area contributed by atoms with Crippen LogP contribution >= 0.6 is 11.3 Å². The van der Waals surface area contributed by atoms with Crippen molar-refractivity contribution in [2.24, 2.45) is 0 Å². The summed E-state index contributed by atoms with van der Waals surface area (Å²) in [7, 11) is 0. The van der Waals surface area contributed by atoms with Crippen molar-refractivity contribution in [3.05, 3.63) is 21.9 Å². The molecule has 1 aromatic heterocycles. The molecule has 0 saturated carbocycles. The lowest BCUT2D eigenvalue weighted by Crippen LogP contribution is -2.18. The Morgan fingerprint density at radius 2 is 2.45 bits per heavy atom. The Kier molecular flexibility index (Phi) is 2.35. The fourth-order valence-electron chi connectivity index (χ4n) is 0.627. The zero-order chi connectivity index (χ0) is 8.27. The number of carbonyl (C=O) groups excluding carboxylic acids is 2. The van der Waals surface area contributed by atoms with Gasteiger partial charge in [-0.25, -0.2) is 5.48 Å². The van der Waals surface area contributed by atoms with Gasteiger partial charge in [-0.15, -0.1) is 11.3 Å². The Morgan fingerprint density at radius 1 is 1.73 bits per heavy atom. The molecule has 0 bridgehead atoms. The first-order chi connectivity index (χ1) is 5.29. The van der Waals surface area contributed by atoms with Gasteiger partial charge in [0.25, 0.3) is 5.91 Å². The Labute approximate surface area is 66.4 Å². The van der Waals surface area contributed by atoms with E-state index in [2.05, 4.69) is 0 Å². The molecule has 1 amide bonds. The van der Waals surface area contributed by atoms with E-state index in [9.17, 15) is 9.59 Å². The summed E-state index contributed by atoms with van der Waals surface area (Å²) in [5.41, 5.74) is 1.58. The van der Waals surface area contributed by atoms with Gasteiger partial charge in [0.2, 0.25) is 6.29 Å². The van der Waals surface area contributed by atoms with Crippen LogP contribution in [-0.2, 0) is 4.79 Å². The third-order valence-corrected chi connectivity index (χ3v) is 1.92. The first-order valence-corrected chi connectivity index (χ1v) is 3.57. The van der Waals surface area contributed by atoms with Crippen molar-refractivity contribution in [1.29, 1.82) is 0 Å². The summed E-state index contributed by atoms with van der Waals surface area (Å²) >= 11 is 1.10. The predicted molar refractivity (Wildman–Crippen MR) is 38.4 cm³/mol. The van der Waals surface area contributed by atoms with Gasteiger partial charge in [-0.3, -0.25) is 14.8 Å². The molecule has 0 spiro atoms. The molecule has 0 fully saturated rings. The molecule has 57 valence electrons. The standard InChI is InChI=1S/C6H4NO3S/c8-3-5-4(1-2-11-5)6(9)7-10/h1-2,10H,(H,7,9). The molecule has 1 heterocycles. The van der Waals surface area contributed by atoms with Gasteiger partial charge in [-0.1, -0.05) is 0 Å². The van der Waals surface area contributed by atoms with Crippen LogP contribution in [0.1, 0.15) is 15.2 Å². The molecule has 0 aliphatic carbocycles. The highest BCUT2D eigenvalue weighted by molar-refractivity contribution is 7.12. The number of amides is 1. The largest absolute Gasteiger partial charge is 0.288 e. The van der Waals surface area contributed by atoms with Crippen molar-refractivity contribution in [3.63, 3.8) is 0 Å². The van der Waals surface area contributed by atoms with Crippen LogP contribution in [-0.4, -0.2) is 17.4 Å². The number of nitrogens with one attached hydrogen (secondary N) is 1. The second-order valence-corrected chi connectivity index (χ2v) is 2.62. The molecule has 0 saturated heterocycles. The number of hydrogen-bond acceptors (Lipinski definition) is 4. The minimum absolute atomic E-state index is 0.146. The molecule has 1 aromatic rings. The van der Waals surface area contributed by atoms with E-state index < -0.39 is 5.91 Å². The monoisotopic (exact) mass is 170 g/mol. The molecule has 0 atom stereocenters. The molecule has 2 N–H and O–H groups in total. The SMILES string of the molecule is O=[C]c1sccc1C(=O)NO. The minimum atomic E-state index is -0.690. The van der Waals surface area contributed by atoms with Gasteiger partial charge in [0.1, 0.15) is 0 Å². The molecule has 0 aliphatic rings. The molecule has 0 aliphatic heterocycles. The predicted octanol–water partition coefficient (Wildman–Crippen LogP) is 0.325. The summed E-state index contributed by atoms with van der Waals surface area (Å²) in [5.74, 6) is -0.690. The number of carbonyl (C=O) groups is 1. The smallest absolute Gasteiger partial charge is 0.276 e. The van der Waals surface area contributed by atoms with Crippen LogP contribution in [0.4, 0.5) is 0 Å². The summed E-state index contributed by atoms with van der Waals surface area (Å²) in [4.78, 5) is 21.0. The molecule has 4 nitrogen and oxygen atoms in total. The lowest BCUT2D eigenvalue weighted by Gasteiger charge is -1.92. The lowest BCUT2D eigenvalue weighted by atomic mass is 10.2. The maximum Gasteiger partial charge on any atom is 0.276 e. The fraction of sp³-hybridized carbons (Fsp3) is 0. The quantitative estimate of drug-likeness (QED) is 0.496. The van der Waals surface area contributed by atoms with Gasteiger partial charge in [0.05, 0.1) is 10.4 Å². The molecule has 0 unspecified atom stereocenters. The zero-order valence-corrected chi connectivity index (χ0v) is 6.14. The Morgan fingerprint density at radius 3 is 3.00 bits per heavy atom. The summed E-state index contributed by atoms with van der Waals surface area (Å²) in [5, 5.41) is 9.78. The summed E-state index contributed by atoms with van der Waals surface area (Å²) in [6.45, 7) is 0. The number of hydrogen-bond donors (Lipinski definition) is 2. The van der Waals surface area contributed by atoms with Crippen LogP contribution in [0.15, 0.2) is 11.4 Å². The second kappa shape index (κ2) is 3.27. The number of hydroxylamine groups is 1. The summed E-state index contributed by atoms with van der Waals surface area (Å²) in [6.07, 6.45) is 1.59. The van der Waals surface area contributed by atoms with Crippen molar-refractivity contribution in [2.75, 3.05) is 0 Å². The number of rotatable bonds is 2. The number of thiophene rings is 1. The van der Waals surface area contributed by atoms with E-state index in [-0.39, 0.29) is 10.4 Å². The van der Waals surface area contributed by atoms with E-state index in [0.29, 0.717) is 0 Å². The van der Waals surface area contributed by atoms with E-state index in [4.69, 9.17) is 5.21 Å². The average molecular weight is 170 g/mol. The van der Waals surface area contributed by atoms with Crippen molar-refractivity contribution in [3.8, 4) is 0 Å². The van der Waals surface area contributed by atoms with E-state index >= 15 is 0 Å². The minimum Gasteiger partial charge on any atom is -0.288 e. The molecule has 1 rings (SSSR count). The van der Waals surface area contributed by atoms with E-state index in [1.165, 1.54) is 11.5 Å². The van der Waals surface area contributed by atoms with E-state index in [0.717, 1.165) is 11.3 Å². The first kappa shape index (κ1) is 7.90. The molecule has 1 radical (unpaired) electrons. The van der Waals surface area contributed by atoms with Gasteiger partial charge in [-0.05, 0) is 11.4 Å². The summed E-state index contributed by atoms with van der Waals surface area (Å²) in [6, 6.07) is 1.44. The van der Waals surface area contributed by atoms with E-state index in [1.807, 2.05) is 0 Å². The third kappa shape index (κ3) is 1.44. The second-order valence-electron chi connectivity index (χ2n) is 1.71. The van der Waals surface area contributed by atoms with Crippen LogP contribution < -0.4 is 5.48 Å². The van der Waals surface area contributed by atoms with Crippen LogP contribution in [0.25, 0.3) is 0 Å². The van der Waals surface area contributed by atoms with Gasteiger partial charge < -0.3 is 0 Å². The normalized spacial score (nSPS) is 9.18. The van der Waals surface area contributed by atoms with Gasteiger partial charge >= 0.3 is 0 Å². The van der Waals surface area contributed by atoms with Crippen LogP contribution in [0.2, 0.25) is 0 Å². The topological polar surface area (TPSA) is 66.4 Å². The highest BCUT2D eigenvalue weighted by Crippen LogP contribution is 2.13.